The second-order valence-corrected chi connectivity index (χ2v) is 10.7. The Morgan fingerprint density at radius 2 is 2.06 bits per heavy atom. The molecule has 0 aromatic carbocycles. The van der Waals surface area contributed by atoms with E-state index in [-0.39, 0.29) is 40.8 Å². The summed E-state index contributed by atoms with van der Waals surface area (Å²) in [7, 11) is 1.94. The zero-order valence-corrected chi connectivity index (χ0v) is 19.1. The van der Waals surface area contributed by atoms with Crippen LogP contribution in [0.3, 0.4) is 0 Å². The number of likely N-dealkylation sites (tertiary alicyclic amines) is 1. The van der Waals surface area contributed by atoms with E-state index in [0.717, 1.165) is 26.1 Å². The number of aliphatic hydroxyl groups excluding tert-OH is 1. The molecule has 31 heavy (non-hydrogen) atoms. The predicted molar refractivity (Wildman–Crippen MR) is 116 cm³/mol. The molecule has 5 unspecified atom stereocenters. The number of β-lactam (4-membered cyclic amide) rings is 1. The minimum absolute atomic E-state index is 0.00532. The molecule has 0 saturated carbocycles. The van der Waals surface area contributed by atoms with Crippen LogP contribution in [-0.2, 0) is 14.4 Å². The summed E-state index contributed by atoms with van der Waals surface area (Å²) in [6.07, 6.45) is 2.24. The molecule has 3 saturated heterocycles. The predicted octanol–water partition coefficient (Wildman–Crippen LogP) is -0.437. The van der Waals surface area contributed by atoms with E-state index in [4.69, 9.17) is 0 Å². The third-order valence-corrected chi connectivity index (χ3v) is 8.92. The number of amides is 2. The lowest BCUT2D eigenvalue weighted by molar-refractivity contribution is -0.158. The molecule has 9 nitrogen and oxygen atoms in total. The average molecular weight is 453 g/mol. The molecule has 0 aliphatic carbocycles. The van der Waals surface area contributed by atoms with Gasteiger partial charge in [0, 0.05) is 31.4 Å². The minimum atomic E-state index is -1.12. The van der Waals surface area contributed by atoms with Crippen molar-refractivity contribution in [3.8, 4) is 0 Å². The van der Waals surface area contributed by atoms with Gasteiger partial charge in [-0.15, -0.1) is 11.8 Å². The number of hydrogen-bond acceptors (Lipinski definition) is 7. The first-order valence-corrected chi connectivity index (χ1v) is 11.9. The van der Waals surface area contributed by atoms with Gasteiger partial charge in [-0.05, 0) is 45.4 Å². The number of nitrogens with one attached hydrogen (secondary N) is 1. The van der Waals surface area contributed by atoms with Crippen LogP contribution in [0, 0.1) is 5.92 Å². The molecule has 6 atom stereocenters. The molecule has 3 N–H and O–H groups in total. The number of likely N-dealkylation sites (N-methyl/N-ethyl adjacent to an activating group) is 1. The van der Waals surface area contributed by atoms with Crippen LogP contribution < -0.4 is 5.32 Å². The van der Waals surface area contributed by atoms with Crippen molar-refractivity contribution >= 4 is 29.5 Å². The summed E-state index contributed by atoms with van der Waals surface area (Å²) in [6.45, 7) is 7.32. The van der Waals surface area contributed by atoms with Crippen molar-refractivity contribution in [2.75, 3.05) is 39.8 Å². The highest BCUT2D eigenvalue weighted by molar-refractivity contribution is 8.02. The van der Waals surface area contributed by atoms with E-state index >= 15 is 0 Å². The highest BCUT2D eigenvalue weighted by Gasteiger charge is 2.69. The van der Waals surface area contributed by atoms with Crippen LogP contribution in [0.5, 0.6) is 0 Å². The minimum Gasteiger partial charge on any atom is -0.477 e. The highest BCUT2D eigenvalue weighted by atomic mass is 32.2. The van der Waals surface area contributed by atoms with Gasteiger partial charge in [0.15, 0.2) is 0 Å². The largest absolute Gasteiger partial charge is 0.477 e. The summed E-state index contributed by atoms with van der Waals surface area (Å²) in [4.78, 5) is 43.2. The Balaban J connectivity index is 1.49. The fraction of sp³-hybridized carbons (Fsp3) is 0.762. The molecule has 4 heterocycles. The standard InChI is InChI=1S/C21H32N4O5S/c1-12-9-16(19(28)29)25-17(12)21(13(2)26,20(25)30)31-14-10-15(23(3)11-14)18(27)24-7-4-5-22-6-8-24/h9,12-15,17,22,26H,4-8,10-11H2,1-3H3,(H,28,29)/t12?,13?,14?,15?,17-,21?/m0/s1. The van der Waals surface area contributed by atoms with Crippen LogP contribution in [0.4, 0.5) is 0 Å². The molecule has 0 aromatic heterocycles. The lowest BCUT2D eigenvalue weighted by Gasteiger charge is -2.56. The summed E-state index contributed by atoms with van der Waals surface area (Å²) in [5.41, 5.74) is 0.00532. The van der Waals surface area contributed by atoms with Gasteiger partial charge in [0.05, 0.1) is 18.2 Å². The van der Waals surface area contributed by atoms with Gasteiger partial charge in [-0.2, -0.15) is 0 Å². The van der Waals surface area contributed by atoms with Crippen molar-refractivity contribution in [2.24, 2.45) is 5.92 Å². The Bertz CT molecular complexity index is 797. The topological polar surface area (TPSA) is 113 Å². The number of rotatable bonds is 5. The highest BCUT2D eigenvalue weighted by Crippen LogP contribution is 2.55. The van der Waals surface area contributed by atoms with Crippen LogP contribution in [-0.4, -0.2) is 111 Å². The van der Waals surface area contributed by atoms with Gasteiger partial charge in [0.1, 0.15) is 10.4 Å². The third-order valence-electron chi connectivity index (χ3n) is 7.10. The zero-order chi connectivity index (χ0) is 22.5. The van der Waals surface area contributed by atoms with Crippen LogP contribution >= 0.6 is 11.8 Å². The normalized spacial score (nSPS) is 37.2. The Labute approximate surface area is 186 Å². The number of carbonyl (C=O) groups is 3. The summed E-state index contributed by atoms with van der Waals surface area (Å²) >= 11 is 1.44. The number of carboxylic acids is 1. The number of aliphatic carboxylic acids is 1. The molecular formula is C21H32N4O5S. The first-order chi connectivity index (χ1) is 14.7. The maximum Gasteiger partial charge on any atom is 0.352 e. The molecule has 0 aromatic rings. The summed E-state index contributed by atoms with van der Waals surface area (Å²) in [5.74, 6) is -1.49. The van der Waals surface area contributed by atoms with E-state index in [1.807, 2.05) is 23.8 Å². The summed E-state index contributed by atoms with van der Waals surface area (Å²) < 4.78 is -1.08. The number of thioether (sulfide) groups is 1. The number of carboxylic acid groups (broad SMARTS) is 1. The quantitative estimate of drug-likeness (QED) is 0.482. The Kier molecular flexibility index (Phi) is 6.10. The van der Waals surface area contributed by atoms with Crippen molar-refractivity contribution in [3.63, 3.8) is 0 Å². The molecule has 10 heteroatoms. The monoisotopic (exact) mass is 452 g/mol. The van der Waals surface area contributed by atoms with Gasteiger partial charge in [0.2, 0.25) is 11.8 Å². The number of fused-ring (bicyclic) bond motifs is 1. The van der Waals surface area contributed by atoms with E-state index < -0.39 is 16.8 Å². The Hall–Kier alpha value is -1.62. The van der Waals surface area contributed by atoms with Crippen LogP contribution in [0.15, 0.2) is 11.8 Å². The van der Waals surface area contributed by atoms with E-state index in [2.05, 4.69) is 5.32 Å². The van der Waals surface area contributed by atoms with Crippen LogP contribution in [0.1, 0.15) is 26.7 Å². The van der Waals surface area contributed by atoms with Crippen molar-refractivity contribution in [1.29, 1.82) is 0 Å². The number of aliphatic hydroxyl groups is 1. The van der Waals surface area contributed by atoms with Gasteiger partial charge < -0.3 is 20.4 Å². The van der Waals surface area contributed by atoms with E-state index in [0.29, 0.717) is 19.5 Å². The molecule has 4 aliphatic rings. The van der Waals surface area contributed by atoms with Gasteiger partial charge in [-0.1, -0.05) is 6.92 Å². The molecule has 172 valence electrons. The van der Waals surface area contributed by atoms with Gasteiger partial charge in [-0.25, -0.2) is 4.79 Å². The second kappa shape index (κ2) is 8.38. The molecular weight excluding hydrogens is 420 g/mol. The molecule has 2 amide bonds. The van der Waals surface area contributed by atoms with E-state index in [9.17, 15) is 24.6 Å². The average Bonchev–Trinajstić information content (AvgIpc) is 3.09. The lowest BCUT2D eigenvalue weighted by atomic mass is 9.78. The molecule has 0 bridgehead atoms. The van der Waals surface area contributed by atoms with Gasteiger partial charge in [-0.3, -0.25) is 19.4 Å². The third kappa shape index (κ3) is 3.57. The first kappa shape index (κ1) is 22.6. The summed E-state index contributed by atoms with van der Waals surface area (Å²) in [6, 6.07) is -0.616. The fourth-order valence-corrected chi connectivity index (χ4v) is 7.57. The smallest absolute Gasteiger partial charge is 0.352 e. The first-order valence-electron chi connectivity index (χ1n) is 11.0. The SMILES string of the molecule is CC1C=C(C(=O)O)N2C(=O)C(SC3CC(C(=O)N4CCCNCC4)N(C)C3)(C(C)O)[C@H]12. The van der Waals surface area contributed by atoms with Crippen LogP contribution in [0.25, 0.3) is 0 Å². The van der Waals surface area contributed by atoms with Gasteiger partial charge >= 0.3 is 5.97 Å². The molecule has 4 rings (SSSR count). The lowest BCUT2D eigenvalue weighted by Crippen LogP contribution is -2.76. The van der Waals surface area contributed by atoms with E-state index in [1.54, 1.807) is 13.0 Å². The maximum absolute atomic E-state index is 13.2. The van der Waals surface area contributed by atoms with Crippen molar-refractivity contribution in [3.05, 3.63) is 11.8 Å². The fourth-order valence-electron chi connectivity index (χ4n) is 5.57. The van der Waals surface area contributed by atoms with Crippen molar-refractivity contribution < 1.29 is 24.6 Å². The number of nitrogens with zero attached hydrogens (tertiary/aromatic N) is 3. The molecule has 0 radical (unpaired) electrons. The Morgan fingerprint density at radius 1 is 1.32 bits per heavy atom. The zero-order valence-electron chi connectivity index (χ0n) is 18.3. The molecule has 4 aliphatic heterocycles. The number of carbonyl (C=O) groups excluding carboxylic acids is 2. The Morgan fingerprint density at radius 3 is 2.74 bits per heavy atom. The maximum atomic E-state index is 13.2. The van der Waals surface area contributed by atoms with Crippen LogP contribution in [0.2, 0.25) is 0 Å². The van der Waals surface area contributed by atoms with Gasteiger partial charge in [0.25, 0.3) is 0 Å². The molecule has 0 spiro atoms. The number of hydrogen-bond donors (Lipinski definition) is 3. The van der Waals surface area contributed by atoms with E-state index in [1.165, 1.54) is 16.7 Å². The van der Waals surface area contributed by atoms with Crippen molar-refractivity contribution in [1.82, 2.24) is 20.0 Å². The van der Waals surface area contributed by atoms with Crippen molar-refractivity contribution in [2.45, 2.75) is 54.9 Å². The second-order valence-electron chi connectivity index (χ2n) is 9.17. The summed E-state index contributed by atoms with van der Waals surface area (Å²) in [5, 5.41) is 23.5. The molecule has 3 fully saturated rings.